The second-order valence-electron chi connectivity index (χ2n) is 7.15. The van der Waals surface area contributed by atoms with Crippen LogP contribution in [0.2, 0.25) is 0 Å². The van der Waals surface area contributed by atoms with Gasteiger partial charge < -0.3 is 10.1 Å². The number of nitrogens with zero attached hydrogens (tertiary/aromatic N) is 1. The molecule has 1 unspecified atom stereocenters. The lowest BCUT2D eigenvalue weighted by atomic mass is 10.0. The Bertz CT molecular complexity index is 995. The van der Waals surface area contributed by atoms with Gasteiger partial charge in [0, 0.05) is 19.5 Å². The van der Waals surface area contributed by atoms with Gasteiger partial charge in [-0.05, 0) is 28.5 Å². The van der Waals surface area contributed by atoms with Crippen LogP contribution in [0.25, 0.3) is 10.8 Å². The van der Waals surface area contributed by atoms with Crippen LogP contribution in [-0.4, -0.2) is 29.6 Å². The number of amides is 1. The van der Waals surface area contributed by atoms with Crippen molar-refractivity contribution in [3.05, 3.63) is 77.9 Å². The van der Waals surface area contributed by atoms with Crippen molar-refractivity contribution in [3.63, 3.8) is 0 Å². The van der Waals surface area contributed by atoms with Crippen molar-refractivity contribution < 1.29 is 9.53 Å². The molecule has 1 atom stereocenters. The van der Waals surface area contributed by atoms with E-state index in [0.717, 1.165) is 19.5 Å². The van der Waals surface area contributed by atoms with Crippen LogP contribution in [0.5, 0.6) is 5.75 Å². The van der Waals surface area contributed by atoms with Crippen molar-refractivity contribution in [1.82, 2.24) is 10.2 Å². The van der Waals surface area contributed by atoms with E-state index in [0.29, 0.717) is 17.9 Å². The highest BCUT2D eigenvalue weighted by molar-refractivity contribution is 5.98. The fraction of sp³-hybridized carbons (Fsp3) is 0.227. The summed E-state index contributed by atoms with van der Waals surface area (Å²) in [6.45, 7) is 2.44. The number of rotatable bonds is 2. The van der Waals surface area contributed by atoms with E-state index >= 15 is 0 Å². The SMILES string of the molecule is O=C1NC2(CCN(Cc3cccc4ccccc34)C2)Oc2ccccc21. The van der Waals surface area contributed by atoms with Crippen molar-refractivity contribution in [2.24, 2.45) is 0 Å². The van der Waals surface area contributed by atoms with Gasteiger partial charge in [-0.1, -0.05) is 54.6 Å². The molecule has 0 aliphatic carbocycles. The van der Waals surface area contributed by atoms with Gasteiger partial charge in [-0.2, -0.15) is 0 Å². The molecule has 0 aromatic heterocycles. The van der Waals surface area contributed by atoms with E-state index in [-0.39, 0.29) is 5.91 Å². The molecule has 1 fully saturated rings. The Morgan fingerprint density at radius 1 is 1.00 bits per heavy atom. The van der Waals surface area contributed by atoms with E-state index in [2.05, 4.69) is 52.7 Å². The van der Waals surface area contributed by atoms with Crippen LogP contribution in [-0.2, 0) is 6.54 Å². The monoisotopic (exact) mass is 344 g/mol. The molecule has 1 N–H and O–H groups in total. The van der Waals surface area contributed by atoms with Crippen LogP contribution < -0.4 is 10.1 Å². The summed E-state index contributed by atoms with van der Waals surface area (Å²) in [5.74, 6) is 0.641. The third kappa shape index (κ3) is 2.54. The van der Waals surface area contributed by atoms with E-state index in [4.69, 9.17) is 4.74 Å². The molecule has 0 bridgehead atoms. The predicted molar refractivity (Wildman–Crippen MR) is 101 cm³/mol. The number of carbonyl (C=O) groups is 1. The number of hydrogen-bond acceptors (Lipinski definition) is 3. The molecule has 26 heavy (non-hydrogen) atoms. The van der Waals surface area contributed by atoms with Gasteiger partial charge >= 0.3 is 0 Å². The van der Waals surface area contributed by atoms with E-state index in [1.807, 2.05) is 18.2 Å². The molecule has 3 aromatic carbocycles. The number of nitrogens with one attached hydrogen (secondary N) is 1. The van der Waals surface area contributed by atoms with Gasteiger partial charge in [0.15, 0.2) is 5.72 Å². The van der Waals surface area contributed by atoms with Gasteiger partial charge in [0.25, 0.3) is 5.91 Å². The fourth-order valence-corrected chi connectivity index (χ4v) is 4.10. The van der Waals surface area contributed by atoms with Crippen LogP contribution in [0.1, 0.15) is 22.3 Å². The van der Waals surface area contributed by atoms with Crippen LogP contribution in [0, 0.1) is 0 Å². The Balaban J connectivity index is 1.39. The summed E-state index contributed by atoms with van der Waals surface area (Å²) in [6, 6.07) is 22.4. The Labute approximate surface area is 152 Å². The number of carbonyl (C=O) groups excluding carboxylic acids is 1. The fourth-order valence-electron chi connectivity index (χ4n) is 4.10. The zero-order valence-electron chi connectivity index (χ0n) is 14.4. The zero-order valence-corrected chi connectivity index (χ0v) is 14.4. The Hall–Kier alpha value is -2.85. The first-order chi connectivity index (χ1) is 12.7. The van der Waals surface area contributed by atoms with E-state index in [9.17, 15) is 4.79 Å². The van der Waals surface area contributed by atoms with Crippen LogP contribution in [0.15, 0.2) is 66.7 Å². The smallest absolute Gasteiger partial charge is 0.258 e. The minimum atomic E-state index is -0.615. The molecule has 4 heteroatoms. The first-order valence-corrected chi connectivity index (χ1v) is 9.02. The standard InChI is InChI=1S/C22H20N2O2/c25-21-19-10-3-4-11-20(19)26-22(23-21)12-13-24(15-22)14-17-8-5-7-16-6-1-2-9-18(16)17/h1-11H,12-15H2,(H,23,25). The van der Waals surface area contributed by atoms with Crippen molar-refractivity contribution >= 4 is 16.7 Å². The number of fused-ring (bicyclic) bond motifs is 2. The number of ether oxygens (including phenoxy) is 1. The van der Waals surface area contributed by atoms with Gasteiger partial charge in [0.05, 0.1) is 12.1 Å². The van der Waals surface area contributed by atoms with Gasteiger partial charge in [-0.3, -0.25) is 9.69 Å². The average molecular weight is 344 g/mol. The largest absolute Gasteiger partial charge is 0.466 e. The average Bonchev–Trinajstić information content (AvgIpc) is 3.03. The molecule has 1 saturated heterocycles. The lowest BCUT2D eigenvalue weighted by Crippen LogP contribution is -2.57. The van der Waals surface area contributed by atoms with Gasteiger partial charge in [-0.25, -0.2) is 0 Å². The maximum atomic E-state index is 12.5. The molecular weight excluding hydrogens is 324 g/mol. The minimum Gasteiger partial charge on any atom is -0.466 e. The Kier molecular flexibility index (Phi) is 3.47. The highest BCUT2D eigenvalue weighted by Gasteiger charge is 2.45. The molecular formula is C22H20N2O2. The Morgan fingerprint density at radius 3 is 2.77 bits per heavy atom. The molecule has 0 saturated carbocycles. The second-order valence-corrected chi connectivity index (χ2v) is 7.15. The summed E-state index contributed by atoms with van der Waals surface area (Å²) in [5.41, 5.74) is 1.31. The molecule has 2 aliphatic heterocycles. The number of para-hydroxylation sites is 1. The highest BCUT2D eigenvalue weighted by Crippen LogP contribution is 2.33. The van der Waals surface area contributed by atoms with Crippen LogP contribution >= 0.6 is 0 Å². The third-order valence-electron chi connectivity index (χ3n) is 5.36. The second kappa shape index (κ2) is 5.85. The molecule has 2 heterocycles. The molecule has 1 spiro atoms. The molecule has 1 amide bonds. The quantitative estimate of drug-likeness (QED) is 0.773. The van der Waals surface area contributed by atoms with Crippen molar-refractivity contribution in [2.75, 3.05) is 13.1 Å². The van der Waals surface area contributed by atoms with Crippen LogP contribution in [0.3, 0.4) is 0 Å². The maximum absolute atomic E-state index is 12.5. The topological polar surface area (TPSA) is 41.6 Å². The van der Waals surface area contributed by atoms with E-state index in [1.165, 1.54) is 16.3 Å². The number of hydrogen-bond donors (Lipinski definition) is 1. The first-order valence-electron chi connectivity index (χ1n) is 9.02. The van der Waals surface area contributed by atoms with Gasteiger partial charge in [0.2, 0.25) is 0 Å². The van der Waals surface area contributed by atoms with Crippen molar-refractivity contribution in [1.29, 1.82) is 0 Å². The molecule has 0 radical (unpaired) electrons. The molecule has 5 rings (SSSR count). The zero-order chi connectivity index (χ0) is 17.6. The van der Waals surface area contributed by atoms with E-state index in [1.54, 1.807) is 6.07 Å². The lowest BCUT2D eigenvalue weighted by Gasteiger charge is -2.36. The number of benzene rings is 3. The maximum Gasteiger partial charge on any atom is 0.258 e. The molecule has 4 nitrogen and oxygen atoms in total. The third-order valence-corrected chi connectivity index (χ3v) is 5.36. The summed E-state index contributed by atoms with van der Waals surface area (Å²) in [4.78, 5) is 14.8. The van der Waals surface area contributed by atoms with Crippen LogP contribution in [0.4, 0.5) is 0 Å². The predicted octanol–water partition coefficient (Wildman–Crippen LogP) is 3.56. The van der Waals surface area contributed by atoms with Crippen molar-refractivity contribution in [2.45, 2.75) is 18.7 Å². The molecule has 2 aliphatic rings. The summed E-state index contributed by atoms with van der Waals surface area (Å²) >= 11 is 0. The molecule has 130 valence electrons. The minimum absolute atomic E-state index is 0.0427. The molecule has 3 aromatic rings. The summed E-state index contributed by atoms with van der Waals surface area (Å²) in [7, 11) is 0. The normalized spacial score (nSPS) is 22.2. The van der Waals surface area contributed by atoms with Crippen molar-refractivity contribution in [3.8, 4) is 5.75 Å². The highest BCUT2D eigenvalue weighted by atomic mass is 16.5. The summed E-state index contributed by atoms with van der Waals surface area (Å²) in [5, 5.41) is 5.64. The lowest BCUT2D eigenvalue weighted by molar-refractivity contribution is 0.0246. The van der Waals surface area contributed by atoms with E-state index < -0.39 is 5.72 Å². The Morgan fingerprint density at radius 2 is 1.81 bits per heavy atom. The number of likely N-dealkylation sites (tertiary alicyclic amines) is 1. The first kappa shape index (κ1) is 15.4. The van der Waals surface area contributed by atoms with Gasteiger partial charge in [-0.15, -0.1) is 0 Å². The summed E-state index contributed by atoms with van der Waals surface area (Å²) < 4.78 is 6.23. The summed E-state index contributed by atoms with van der Waals surface area (Å²) in [6.07, 6.45) is 0.790. The van der Waals surface area contributed by atoms with Gasteiger partial charge in [0.1, 0.15) is 5.75 Å².